The van der Waals surface area contributed by atoms with Crippen LogP contribution in [0.2, 0.25) is 0 Å². The third-order valence-corrected chi connectivity index (χ3v) is 5.47. The van der Waals surface area contributed by atoms with E-state index in [0.29, 0.717) is 0 Å². The highest BCUT2D eigenvalue weighted by molar-refractivity contribution is 7.18. The fourth-order valence-corrected chi connectivity index (χ4v) is 3.57. The van der Waals surface area contributed by atoms with Gasteiger partial charge in [0.25, 0.3) is 11.6 Å². The number of ether oxygens (including phenoxy) is 1. The average molecular weight is 399 g/mol. The minimum absolute atomic E-state index is 0.0175. The van der Waals surface area contributed by atoms with Crippen molar-refractivity contribution in [1.29, 1.82) is 0 Å². The molecule has 1 aromatic heterocycles. The number of nitro benzene ring substituents is 1. The lowest BCUT2D eigenvalue weighted by Gasteiger charge is -2.23. The Hall–Kier alpha value is -3.33. The number of carbonyl (C=O) groups is 2. The van der Waals surface area contributed by atoms with Gasteiger partial charge in [-0.25, -0.2) is 9.78 Å². The van der Waals surface area contributed by atoms with E-state index in [1.165, 1.54) is 34.4 Å². The summed E-state index contributed by atoms with van der Waals surface area (Å²) in [5, 5.41) is 11.6. The molecule has 2 aromatic carbocycles. The molecule has 0 aliphatic heterocycles. The molecule has 0 spiro atoms. The second-order valence-electron chi connectivity index (χ2n) is 6.08. The van der Waals surface area contributed by atoms with Crippen molar-refractivity contribution in [3.05, 3.63) is 69.2 Å². The van der Waals surface area contributed by atoms with Crippen LogP contribution in [0, 0.1) is 10.1 Å². The van der Waals surface area contributed by atoms with E-state index >= 15 is 0 Å². The summed E-state index contributed by atoms with van der Waals surface area (Å²) in [7, 11) is 1.61. The number of fused-ring (bicyclic) bond motifs is 1. The third kappa shape index (κ3) is 4.15. The van der Waals surface area contributed by atoms with Crippen molar-refractivity contribution in [3.63, 3.8) is 0 Å². The highest BCUT2D eigenvalue weighted by Crippen LogP contribution is 2.28. The van der Waals surface area contributed by atoms with Crippen LogP contribution in [0.15, 0.2) is 48.5 Å². The molecule has 1 heterocycles. The summed E-state index contributed by atoms with van der Waals surface area (Å²) in [6, 6.07) is 12.6. The van der Waals surface area contributed by atoms with Gasteiger partial charge in [0.05, 0.1) is 26.7 Å². The summed E-state index contributed by atoms with van der Waals surface area (Å²) in [6.45, 7) is 1.38. The first kappa shape index (κ1) is 19.4. The standard InChI is InChI=1S/C19H17N3O5S/c1-12(18-20-15-8-3-4-9-16(15)28-18)21(2)17(23)11-27-19(24)13-6-5-7-14(10-13)22(25)26/h3-10,12H,11H2,1-2H3/t12-/m0/s1. The smallest absolute Gasteiger partial charge is 0.338 e. The zero-order valence-electron chi connectivity index (χ0n) is 15.2. The van der Waals surface area contributed by atoms with Gasteiger partial charge in [0, 0.05) is 19.2 Å². The van der Waals surface area contributed by atoms with E-state index in [-0.39, 0.29) is 17.3 Å². The average Bonchev–Trinajstić information content (AvgIpc) is 3.14. The SMILES string of the molecule is C[C@@H](c1nc2ccccc2s1)N(C)C(=O)COC(=O)c1cccc([N+](=O)[O-])c1. The fourth-order valence-electron chi connectivity index (χ4n) is 2.51. The summed E-state index contributed by atoms with van der Waals surface area (Å²) in [5.74, 6) is -1.19. The van der Waals surface area contributed by atoms with Crippen LogP contribution in [0.3, 0.4) is 0 Å². The molecule has 0 fully saturated rings. The van der Waals surface area contributed by atoms with Gasteiger partial charge in [-0.1, -0.05) is 18.2 Å². The molecule has 0 N–H and O–H groups in total. The Labute approximate surface area is 164 Å². The van der Waals surface area contributed by atoms with Crippen LogP contribution in [0.4, 0.5) is 5.69 Å². The van der Waals surface area contributed by atoms with E-state index in [1.54, 1.807) is 7.05 Å². The molecule has 1 amide bonds. The number of likely N-dealkylation sites (N-methyl/N-ethyl adjacent to an activating group) is 1. The van der Waals surface area contributed by atoms with Gasteiger partial charge in [-0.15, -0.1) is 11.3 Å². The lowest BCUT2D eigenvalue weighted by Crippen LogP contribution is -2.33. The quantitative estimate of drug-likeness (QED) is 0.357. The van der Waals surface area contributed by atoms with Crippen molar-refractivity contribution in [2.45, 2.75) is 13.0 Å². The van der Waals surface area contributed by atoms with E-state index in [0.717, 1.165) is 21.3 Å². The molecule has 0 saturated carbocycles. The third-order valence-electron chi connectivity index (χ3n) is 4.26. The number of carbonyl (C=O) groups excluding carboxylic acids is 2. The van der Waals surface area contributed by atoms with Gasteiger partial charge in [0.2, 0.25) is 0 Å². The number of amides is 1. The largest absolute Gasteiger partial charge is 0.452 e. The molecule has 0 aliphatic carbocycles. The van der Waals surface area contributed by atoms with E-state index in [1.807, 2.05) is 31.2 Å². The van der Waals surface area contributed by atoms with Gasteiger partial charge in [-0.3, -0.25) is 14.9 Å². The van der Waals surface area contributed by atoms with Gasteiger partial charge in [0.15, 0.2) is 6.61 Å². The second-order valence-corrected chi connectivity index (χ2v) is 7.15. The minimum Gasteiger partial charge on any atom is -0.452 e. The lowest BCUT2D eigenvalue weighted by molar-refractivity contribution is -0.384. The monoisotopic (exact) mass is 399 g/mol. The van der Waals surface area contributed by atoms with E-state index in [2.05, 4.69) is 4.98 Å². The number of nitro groups is 1. The van der Waals surface area contributed by atoms with Crippen LogP contribution in [-0.4, -0.2) is 40.3 Å². The van der Waals surface area contributed by atoms with Crippen LogP contribution in [0.5, 0.6) is 0 Å². The number of rotatable bonds is 6. The van der Waals surface area contributed by atoms with Crippen LogP contribution in [0.25, 0.3) is 10.2 Å². The van der Waals surface area contributed by atoms with Crippen LogP contribution >= 0.6 is 11.3 Å². The Morgan fingerprint density at radius 3 is 2.71 bits per heavy atom. The summed E-state index contributed by atoms with van der Waals surface area (Å²) in [6.07, 6.45) is 0. The molecule has 0 unspecified atom stereocenters. The van der Waals surface area contributed by atoms with Crippen LogP contribution in [-0.2, 0) is 9.53 Å². The molecular weight excluding hydrogens is 382 g/mol. The number of esters is 1. The zero-order valence-corrected chi connectivity index (χ0v) is 16.0. The maximum absolute atomic E-state index is 12.4. The van der Waals surface area contributed by atoms with Crippen molar-refractivity contribution in [3.8, 4) is 0 Å². The maximum Gasteiger partial charge on any atom is 0.338 e. The molecule has 3 rings (SSSR count). The van der Waals surface area contributed by atoms with Crippen LogP contribution < -0.4 is 0 Å². The molecule has 3 aromatic rings. The summed E-state index contributed by atoms with van der Waals surface area (Å²) in [5.41, 5.74) is 0.665. The molecule has 28 heavy (non-hydrogen) atoms. The summed E-state index contributed by atoms with van der Waals surface area (Å²) >= 11 is 1.50. The Bertz CT molecular complexity index is 1020. The van der Waals surface area contributed by atoms with Crippen molar-refractivity contribution < 1.29 is 19.2 Å². The Morgan fingerprint density at radius 1 is 1.25 bits per heavy atom. The van der Waals surface area contributed by atoms with Crippen molar-refractivity contribution >= 4 is 39.1 Å². The predicted octanol–water partition coefficient (Wildman–Crippen LogP) is 3.58. The van der Waals surface area contributed by atoms with Crippen molar-refractivity contribution in [2.24, 2.45) is 0 Å². The Kier molecular flexibility index (Phi) is 5.65. The number of aromatic nitrogens is 1. The number of non-ortho nitro benzene ring substituents is 1. The predicted molar refractivity (Wildman–Crippen MR) is 104 cm³/mol. The maximum atomic E-state index is 12.4. The number of para-hydroxylation sites is 1. The molecular formula is C19H17N3O5S. The first-order chi connectivity index (χ1) is 13.4. The van der Waals surface area contributed by atoms with E-state index in [9.17, 15) is 19.7 Å². The molecule has 8 nitrogen and oxygen atoms in total. The first-order valence-electron chi connectivity index (χ1n) is 8.39. The molecule has 1 atom stereocenters. The highest BCUT2D eigenvalue weighted by Gasteiger charge is 2.22. The number of hydrogen-bond donors (Lipinski definition) is 0. The topological polar surface area (TPSA) is 103 Å². The fraction of sp³-hybridized carbons (Fsp3) is 0.211. The first-order valence-corrected chi connectivity index (χ1v) is 9.21. The number of hydrogen-bond acceptors (Lipinski definition) is 7. The van der Waals surface area contributed by atoms with Gasteiger partial charge in [0.1, 0.15) is 5.01 Å². The van der Waals surface area contributed by atoms with Gasteiger partial charge >= 0.3 is 5.97 Å². The minimum atomic E-state index is -0.793. The Balaban J connectivity index is 1.62. The van der Waals surface area contributed by atoms with Crippen LogP contribution in [0.1, 0.15) is 28.3 Å². The lowest BCUT2D eigenvalue weighted by atomic mass is 10.2. The normalized spacial score (nSPS) is 11.8. The highest BCUT2D eigenvalue weighted by atomic mass is 32.1. The number of nitrogens with zero attached hydrogens (tertiary/aromatic N) is 3. The number of thiazole rings is 1. The molecule has 0 radical (unpaired) electrons. The van der Waals surface area contributed by atoms with E-state index in [4.69, 9.17) is 4.74 Å². The zero-order chi connectivity index (χ0) is 20.3. The second kappa shape index (κ2) is 8.13. The summed E-state index contributed by atoms with van der Waals surface area (Å²) in [4.78, 5) is 40.7. The molecule has 0 bridgehead atoms. The molecule has 144 valence electrons. The van der Waals surface area contributed by atoms with Gasteiger partial charge in [-0.05, 0) is 25.1 Å². The van der Waals surface area contributed by atoms with E-state index < -0.39 is 23.4 Å². The Morgan fingerprint density at radius 2 is 2.00 bits per heavy atom. The van der Waals surface area contributed by atoms with Gasteiger partial charge in [-0.2, -0.15) is 0 Å². The number of benzene rings is 2. The summed E-state index contributed by atoms with van der Waals surface area (Å²) < 4.78 is 6.05. The van der Waals surface area contributed by atoms with Crippen molar-refractivity contribution in [1.82, 2.24) is 9.88 Å². The molecule has 9 heteroatoms. The van der Waals surface area contributed by atoms with Gasteiger partial charge < -0.3 is 9.64 Å². The molecule has 0 saturated heterocycles. The molecule has 0 aliphatic rings. The van der Waals surface area contributed by atoms with Crippen molar-refractivity contribution in [2.75, 3.05) is 13.7 Å².